The summed E-state index contributed by atoms with van der Waals surface area (Å²) in [6.45, 7) is 11.8. The van der Waals surface area contributed by atoms with Gasteiger partial charge in [0, 0.05) is 0 Å². The van der Waals surface area contributed by atoms with Crippen LogP contribution in [0.25, 0.3) is 0 Å². The Morgan fingerprint density at radius 1 is 1.00 bits per heavy atom. The van der Waals surface area contributed by atoms with Crippen LogP contribution in [0.15, 0.2) is 11.0 Å². The minimum absolute atomic E-state index is 0.915. The molecule has 0 aromatic rings. The fourth-order valence-corrected chi connectivity index (χ4v) is 11.7. The normalized spacial score (nSPS) is 19.1. The molecule has 0 N–H and O–H groups in total. The molecule has 1 aliphatic rings. The van der Waals surface area contributed by atoms with E-state index in [1.165, 1.54) is 47.9 Å². The van der Waals surface area contributed by atoms with Gasteiger partial charge in [-0.3, -0.25) is 0 Å². The molecule has 1 rings (SSSR count). The number of allylic oxidation sites excluding steroid dienone is 1. The number of hydrogen-bond acceptors (Lipinski definition) is 0. The van der Waals surface area contributed by atoms with Gasteiger partial charge in [-0.1, -0.05) is 0 Å². The predicted octanol–water partition coefficient (Wildman–Crippen LogP) is 5.17. The molecule has 0 heterocycles. The Hall–Kier alpha value is 0.283. The van der Waals surface area contributed by atoms with E-state index in [2.05, 4.69) is 27.4 Å². The Morgan fingerprint density at radius 3 is 1.87 bits per heavy atom. The molecule has 1 aliphatic carbocycles. The molecular weight excluding hydrogens is 241 g/mol. The Morgan fingerprint density at radius 2 is 1.47 bits per heavy atom. The average molecular weight is 269 g/mol. The molecule has 0 aliphatic heterocycles. The quantitative estimate of drug-likeness (QED) is 0.604. The molecule has 0 saturated heterocycles. The van der Waals surface area contributed by atoms with E-state index < -0.39 is 13.3 Å². The Bertz CT molecular complexity index is 189. The van der Waals surface area contributed by atoms with Gasteiger partial charge in [0.25, 0.3) is 0 Å². The first-order valence-electron chi connectivity index (χ1n) is 6.89. The van der Waals surface area contributed by atoms with E-state index in [0.717, 1.165) is 5.92 Å². The fraction of sp³-hybridized carbons (Fsp3) is 0.857. The number of rotatable bonds is 5. The van der Waals surface area contributed by atoms with Crippen LogP contribution in [0, 0.1) is 5.92 Å². The van der Waals surface area contributed by atoms with Gasteiger partial charge in [0.1, 0.15) is 0 Å². The molecule has 0 nitrogen and oxygen atoms in total. The first-order chi connectivity index (χ1) is 7.20. The second-order valence-electron chi connectivity index (χ2n) is 5.20. The molecular formula is C14H28Ge. The van der Waals surface area contributed by atoms with Crippen molar-refractivity contribution in [2.24, 2.45) is 5.92 Å². The van der Waals surface area contributed by atoms with E-state index in [1.54, 1.807) is 4.41 Å². The molecule has 0 aromatic carbocycles. The van der Waals surface area contributed by atoms with E-state index in [4.69, 9.17) is 0 Å². The van der Waals surface area contributed by atoms with Crippen LogP contribution in [0.5, 0.6) is 0 Å². The van der Waals surface area contributed by atoms with Gasteiger partial charge in [-0.25, -0.2) is 0 Å². The van der Waals surface area contributed by atoms with Crippen molar-refractivity contribution in [1.29, 1.82) is 0 Å². The summed E-state index contributed by atoms with van der Waals surface area (Å²) in [6.07, 6.45) is 7.28. The van der Waals surface area contributed by atoms with E-state index in [9.17, 15) is 0 Å². The van der Waals surface area contributed by atoms with Crippen molar-refractivity contribution in [1.82, 2.24) is 0 Å². The zero-order valence-corrected chi connectivity index (χ0v) is 13.0. The molecule has 1 saturated carbocycles. The summed E-state index contributed by atoms with van der Waals surface area (Å²) in [4.78, 5) is 0. The predicted molar refractivity (Wildman–Crippen MR) is 72.9 cm³/mol. The van der Waals surface area contributed by atoms with Crippen LogP contribution in [0.2, 0.25) is 15.8 Å². The summed E-state index contributed by atoms with van der Waals surface area (Å²) in [6, 6.07) is 0. The van der Waals surface area contributed by atoms with Crippen LogP contribution < -0.4 is 0 Å². The third-order valence-corrected chi connectivity index (χ3v) is 17.0. The summed E-state index contributed by atoms with van der Waals surface area (Å²) in [5.41, 5.74) is 0. The zero-order valence-electron chi connectivity index (χ0n) is 10.9. The molecule has 0 aromatic heterocycles. The van der Waals surface area contributed by atoms with Crippen molar-refractivity contribution in [3.05, 3.63) is 11.0 Å². The van der Waals surface area contributed by atoms with Gasteiger partial charge < -0.3 is 0 Å². The van der Waals surface area contributed by atoms with Crippen molar-refractivity contribution in [2.75, 3.05) is 0 Å². The molecule has 0 amide bonds. The molecule has 0 radical (unpaired) electrons. The van der Waals surface area contributed by atoms with E-state index >= 15 is 0 Å². The summed E-state index contributed by atoms with van der Waals surface area (Å²) >= 11 is -1.64. The van der Waals surface area contributed by atoms with Gasteiger partial charge in [0.15, 0.2) is 0 Å². The summed E-state index contributed by atoms with van der Waals surface area (Å²) in [5, 5.41) is 4.38. The molecule has 88 valence electrons. The van der Waals surface area contributed by atoms with E-state index in [1.807, 2.05) is 0 Å². The van der Waals surface area contributed by atoms with Crippen LogP contribution in [-0.2, 0) is 0 Å². The zero-order chi connectivity index (χ0) is 11.3. The molecule has 1 fully saturated rings. The van der Waals surface area contributed by atoms with Gasteiger partial charge in [-0.15, -0.1) is 0 Å². The Labute approximate surface area is 98.9 Å². The Balaban J connectivity index is 2.70. The van der Waals surface area contributed by atoms with E-state index in [-0.39, 0.29) is 0 Å². The maximum absolute atomic E-state index is 4.55. The molecule has 15 heavy (non-hydrogen) atoms. The Kier molecular flexibility index (Phi) is 5.45. The fourth-order valence-electron chi connectivity index (χ4n) is 3.32. The molecule has 0 atom stereocenters. The standard InChI is InChI=1S/C14H28Ge/c1-5-15(6-2,7-3)13(4)14-11-9-8-10-12-14/h14H,4-12H2,1-3H3. The van der Waals surface area contributed by atoms with Gasteiger partial charge in [0.2, 0.25) is 0 Å². The summed E-state index contributed by atoms with van der Waals surface area (Å²) in [5.74, 6) is 0.915. The van der Waals surface area contributed by atoms with Crippen LogP contribution in [0.4, 0.5) is 0 Å². The van der Waals surface area contributed by atoms with Crippen molar-refractivity contribution in [3.63, 3.8) is 0 Å². The van der Waals surface area contributed by atoms with Gasteiger partial charge >= 0.3 is 98.8 Å². The monoisotopic (exact) mass is 270 g/mol. The third-order valence-electron chi connectivity index (χ3n) is 4.81. The second kappa shape index (κ2) is 6.13. The van der Waals surface area contributed by atoms with Crippen molar-refractivity contribution >= 4 is 13.3 Å². The summed E-state index contributed by atoms with van der Waals surface area (Å²) in [7, 11) is 0. The first-order valence-corrected chi connectivity index (χ1v) is 12.4. The maximum atomic E-state index is 4.55. The van der Waals surface area contributed by atoms with Crippen molar-refractivity contribution in [3.8, 4) is 0 Å². The second-order valence-corrected chi connectivity index (χ2v) is 16.4. The molecule has 0 unspecified atom stereocenters. The van der Waals surface area contributed by atoms with Crippen LogP contribution in [0.3, 0.4) is 0 Å². The van der Waals surface area contributed by atoms with E-state index in [0.29, 0.717) is 0 Å². The topological polar surface area (TPSA) is 0 Å². The molecule has 0 spiro atoms. The van der Waals surface area contributed by atoms with Crippen LogP contribution in [-0.4, -0.2) is 13.3 Å². The van der Waals surface area contributed by atoms with Crippen molar-refractivity contribution < 1.29 is 0 Å². The van der Waals surface area contributed by atoms with Crippen LogP contribution in [0.1, 0.15) is 52.9 Å². The number of hydrogen-bond donors (Lipinski definition) is 0. The molecule has 1 heteroatoms. The van der Waals surface area contributed by atoms with Gasteiger partial charge in [0.05, 0.1) is 0 Å². The van der Waals surface area contributed by atoms with Gasteiger partial charge in [-0.05, 0) is 0 Å². The molecule has 0 bridgehead atoms. The third kappa shape index (κ3) is 2.89. The first kappa shape index (κ1) is 13.3. The summed E-state index contributed by atoms with van der Waals surface area (Å²) < 4.78 is 1.77. The average Bonchev–Trinajstić information content (AvgIpc) is 2.33. The SMILES string of the molecule is C=[C](C1CCCCC1)[Ge]([CH2]C)([CH2]C)[CH2]C. The van der Waals surface area contributed by atoms with Crippen molar-refractivity contribution in [2.45, 2.75) is 68.6 Å². The minimum atomic E-state index is -1.64. The van der Waals surface area contributed by atoms with Gasteiger partial charge in [-0.2, -0.15) is 0 Å². The van der Waals surface area contributed by atoms with Crippen LogP contribution >= 0.6 is 0 Å².